The molecule has 1 aromatic heterocycles. The van der Waals surface area contributed by atoms with Crippen molar-refractivity contribution < 1.29 is 42.3 Å². The van der Waals surface area contributed by atoms with E-state index >= 15 is 0 Å². The molecule has 13 heteroatoms. The molecule has 2 aromatic rings. The van der Waals surface area contributed by atoms with Crippen molar-refractivity contribution in [2.24, 2.45) is 4.99 Å². The van der Waals surface area contributed by atoms with Gasteiger partial charge in [-0.15, -0.1) is 0 Å². The Bertz CT molecular complexity index is 1060. The molecule has 2 aliphatic heterocycles. The van der Waals surface area contributed by atoms with E-state index < -0.39 is 30.4 Å². The summed E-state index contributed by atoms with van der Waals surface area (Å²) < 4.78 is 61.2. The Balaban J connectivity index is 1.35. The van der Waals surface area contributed by atoms with E-state index in [1.165, 1.54) is 13.2 Å². The number of aliphatic hydroxyl groups is 1. The molecule has 0 amide bonds. The maximum absolute atomic E-state index is 14.4. The molecular formula is C23H26ClF2N3O7. The number of hydrogen-bond donors (Lipinski definition) is 2. The molecule has 2 saturated heterocycles. The summed E-state index contributed by atoms with van der Waals surface area (Å²) in [6.07, 6.45) is -1.77. The minimum atomic E-state index is -0.840. The van der Waals surface area contributed by atoms with E-state index in [0.29, 0.717) is 12.3 Å². The van der Waals surface area contributed by atoms with Gasteiger partial charge >= 0.3 is 0 Å². The van der Waals surface area contributed by atoms with Crippen LogP contribution in [0.3, 0.4) is 0 Å². The van der Waals surface area contributed by atoms with Crippen LogP contribution >= 0.6 is 11.6 Å². The number of anilines is 1. The van der Waals surface area contributed by atoms with Crippen molar-refractivity contribution in [3.8, 4) is 11.6 Å². The molecular weight excluding hydrogens is 504 g/mol. The van der Waals surface area contributed by atoms with Crippen molar-refractivity contribution in [2.75, 3.05) is 45.6 Å². The van der Waals surface area contributed by atoms with E-state index in [2.05, 4.69) is 22.0 Å². The van der Waals surface area contributed by atoms with Gasteiger partial charge < -0.3 is 38.8 Å². The Morgan fingerprint density at radius 1 is 1.17 bits per heavy atom. The van der Waals surface area contributed by atoms with Crippen LogP contribution in [0.2, 0.25) is 5.02 Å². The first-order valence-electron chi connectivity index (χ1n) is 11.1. The molecule has 4 rings (SSSR count). The van der Waals surface area contributed by atoms with Gasteiger partial charge in [-0.25, -0.2) is 13.8 Å². The lowest BCUT2D eigenvalue weighted by molar-refractivity contribution is -0.0311. The van der Waals surface area contributed by atoms with Crippen LogP contribution in [0.5, 0.6) is 11.6 Å². The van der Waals surface area contributed by atoms with Gasteiger partial charge in [-0.1, -0.05) is 11.6 Å². The van der Waals surface area contributed by atoms with Crippen molar-refractivity contribution >= 4 is 29.8 Å². The van der Waals surface area contributed by atoms with Crippen LogP contribution in [0.4, 0.5) is 20.3 Å². The molecule has 2 aliphatic rings. The third-order valence-electron chi connectivity index (χ3n) is 5.64. The Morgan fingerprint density at radius 2 is 1.92 bits per heavy atom. The lowest BCUT2D eigenvalue weighted by Gasteiger charge is -2.18. The van der Waals surface area contributed by atoms with Crippen molar-refractivity contribution in [1.29, 1.82) is 0 Å². The highest BCUT2D eigenvalue weighted by Gasteiger charge is 2.47. The van der Waals surface area contributed by atoms with Crippen LogP contribution in [-0.2, 0) is 25.6 Å². The highest BCUT2D eigenvalue weighted by molar-refractivity contribution is 6.32. The summed E-state index contributed by atoms with van der Waals surface area (Å²) in [7, 11) is 1.49. The van der Waals surface area contributed by atoms with E-state index in [9.17, 15) is 13.9 Å². The lowest BCUT2D eigenvalue weighted by Crippen LogP contribution is -2.33. The van der Waals surface area contributed by atoms with Crippen molar-refractivity contribution in [3.05, 3.63) is 40.4 Å². The molecule has 2 N–H and O–H groups in total. The number of fused-ring (bicyclic) bond motifs is 1. The van der Waals surface area contributed by atoms with Gasteiger partial charge in [-0.2, -0.15) is 4.98 Å². The molecule has 0 spiro atoms. The number of aliphatic hydroxyl groups excluding tert-OH is 1. The first-order valence-corrected chi connectivity index (χ1v) is 11.5. The average Bonchev–Trinajstić information content (AvgIpc) is 3.42. The Morgan fingerprint density at radius 3 is 2.64 bits per heavy atom. The van der Waals surface area contributed by atoms with Gasteiger partial charge in [0.1, 0.15) is 66.8 Å². The Hall–Kier alpha value is -2.61. The number of ether oxygens (including phenoxy) is 6. The number of nitrogens with one attached hydrogen (secondary N) is 1. The Labute approximate surface area is 211 Å². The van der Waals surface area contributed by atoms with Crippen molar-refractivity contribution in [2.45, 2.75) is 31.0 Å². The number of methoxy groups -OCH3 is 1. The second kappa shape index (κ2) is 12.1. The molecule has 2 fully saturated rings. The van der Waals surface area contributed by atoms with Gasteiger partial charge in [-0.05, 0) is 12.8 Å². The minimum absolute atomic E-state index is 0.0353. The number of halogens is 3. The molecule has 4 atom stereocenters. The zero-order valence-corrected chi connectivity index (χ0v) is 20.2. The maximum atomic E-state index is 14.4. The van der Waals surface area contributed by atoms with Gasteiger partial charge in [-0.3, -0.25) is 0 Å². The first-order chi connectivity index (χ1) is 17.4. The van der Waals surface area contributed by atoms with Crippen LogP contribution < -0.4 is 14.8 Å². The molecule has 10 nitrogen and oxygen atoms in total. The molecule has 0 unspecified atom stereocenters. The van der Waals surface area contributed by atoms with Crippen molar-refractivity contribution in [1.82, 2.24) is 4.98 Å². The number of benzene rings is 1. The summed E-state index contributed by atoms with van der Waals surface area (Å²) in [5, 5.41) is 12.9. The van der Waals surface area contributed by atoms with Crippen LogP contribution in [0.25, 0.3) is 0 Å². The summed E-state index contributed by atoms with van der Waals surface area (Å²) >= 11 is 6.28. The summed E-state index contributed by atoms with van der Waals surface area (Å²) in [6.45, 7) is 3.99. The molecule has 3 heterocycles. The van der Waals surface area contributed by atoms with E-state index in [1.807, 2.05) is 0 Å². The number of aliphatic imine (C=N–C) groups is 1. The lowest BCUT2D eigenvalue weighted by atomic mass is 10.1. The SMILES string of the molecule is C=Nc1nc(OCc2c(F)cc(OCCOC)cc2F)c(Cl)cc1NCO[C@@H]1CO[C@H]2[C@@H]1OC[C@H]2O. The van der Waals surface area contributed by atoms with Gasteiger partial charge in [0, 0.05) is 19.2 Å². The van der Waals surface area contributed by atoms with Crippen LogP contribution in [0.1, 0.15) is 5.56 Å². The van der Waals surface area contributed by atoms with Crippen molar-refractivity contribution in [3.63, 3.8) is 0 Å². The van der Waals surface area contributed by atoms with Crippen LogP contribution in [-0.4, -0.2) is 81.5 Å². The van der Waals surface area contributed by atoms with Crippen LogP contribution in [0, 0.1) is 11.6 Å². The molecule has 196 valence electrons. The molecule has 0 aliphatic carbocycles. The third kappa shape index (κ3) is 6.02. The average molecular weight is 530 g/mol. The van der Waals surface area contributed by atoms with Gasteiger partial charge in [0.15, 0.2) is 5.82 Å². The van der Waals surface area contributed by atoms with E-state index in [4.69, 9.17) is 40.0 Å². The topological polar surface area (TPSA) is 113 Å². The number of aromatic nitrogens is 1. The predicted molar refractivity (Wildman–Crippen MR) is 125 cm³/mol. The molecule has 0 radical (unpaired) electrons. The second-order valence-corrected chi connectivity index (χ2v) is 8.40. The number of rotatable bonds is 12. The molecule has 0 bridgehead atoms. The zero-order chi connectivity index (χ0) is 25.7. The number of pyridine rings is 1. The second-order valence-electron chi connectivity index (χ2n) is 7.99. The predicted octanol–water partition coefficient (Wildman–Crippen LogP) is 2.86. The third-order valence-corrected chi connectivity index (χ3v) is 5.91. The van der Waals surface area contributed by atoms with E-state index in [-0.39, 0.29) is 66.8 Å². The van der Waals surface area contributed by atoms with Crippen LogP contribution in [0.15, 0.2) is 23.2 Å². The quantitative estimate of drug-likeness (QED) is 0.243. The van der Waals surface area contributed by atoms with Gasteiger partial charge in [0.05, 0.1) is 31.1 Å². The number of hydrogen-bond acceptors (Lipinski definition) is 10. The Kier molecular flexibility index (Phi) is 8.88. The fraction of sp³-hybridized carbons (Fsp3) is 0.478. The summed E-state index contributed by atoms with van der Waals surface area (Å²) in [5.74, 6) is -1.58. The standard InChI is InChI=1S/C23H26ClF2N3O7/c1-27-22-17(28-11-36-19-10-34-20-18(30)9-33-21(19)20)7-14(24)23(29-22)35-8-13-15(25)5-12(6-16(13)26)32-4-3-31-2/h5-7,18-21,28,30H,1,3-4,8-11H2,2H3/t18-,19-,20-,21-/m1/s1. The largest absolute Gasteiger partial charge is 0.491 e. The molecule has 36 heavy (non-hydrogen) atoms. The fourth-order valence-corrected chi connectivity index (χ4v) is 4.02. The highest BCUT2D eigenvalue weighted by Crippen LogP contribution is 2.34. The molecule has 0 saturated carbocycles. The fourth-order valence-electron chi connectivity index (χ4n) is 3.81. The summed E-state index contributed by atoms with van der Waals surface area (Å²) in [5.41, 5.74) is 0.0899. The zero-order valence-electron chi connectivity index (χ0n) is 19.4. The summed E-state index contributed by atoms with van der Waals surface area (Å²) in [6, 6.07) is 3.61. The smallest absolute Gasteiger partial charge is 0.235 e. The minimum Gasteiger partial charge on any atom is -0.491 e. The monoisotopic (exact) mass is 529 g/mol. The first kappa shape index (κ1) is 26.5. The number of nitrogens with zero attached hydrogens (tertiary/aromatic N) is 2. The van der Waals surface area contributed by atoms with E-state index in [0.717, 1.165) is 12.1 Å². The summed E-state index contributed by atoms with van der Waals surface area (Å²) in [4.78, 5) is 8.03. The van der Waals surface area contributed by atoms with E-state index in [1.54, 1.807) is 0 Å². The maximum Gasteiger partial charge on any atom is 0.235 e. The van der Waals surface area contributed by atoms with Gasteiger partial charge in [0.2, 0.25) is 5.88 Å². The highest BCUT2D eigenvalue weighted by atomic mass is 35.5. The normalized spacial score (nSPS) is 22.9. The van der Waals surface area contributed by atoms with Gasteiger partial charge in [0.25, 0.3) is 0 Å². The molecule has 1 aromatic carbocycles.